The lowest BCUT2D eigenvalue weighted by molar-refractivity contribution is 0.388. The van der Waals surface area contributed by atoms with E-state index >= 15 is 0 Å². The molecular formula is C14H18N2O. The Morgan fingerprint density at radius 3 is 2.71 bits per heavy atom. The Hall–Kier alpha value is -1.61. The molecule has 0 saturated carbocycles. The molecule has 1 aromatic carbocycles. The molecule has 0 bridgehead atoms. The molecule has 1 heterocycles. The molecule has 0 spiro atoms. The summed E-state index contributed by atoms with van der Waals surface area (Å²) in [5.41, 5.74) is 2.32. The first kappa shape index (κ1) is 11.9. The fourth-order valence-corrected chi connectivity index (χ4v) is 1.82. The maximum absolute atomic E-state index is 5.02. The molecule has 3 nitrogen and oxygen atoms in total. The van der Waals surface area contributed by atoms with E-state index in [-0.39, 0.29) is 0 Å². The van der Waals surface area contributed by atoms with Crippen LogP contribution in [0.3, 0.4) is 0 Å². The highest BCUT2D eigenvalue weighted by Gasteiger charge is 2.05. The van der Waals surface area contributed by atoms with Crippen LogP contribution < -0.4 is 5.32 Å². The summed E-state index contributed by atoms with van der Waals surface area (Å²) in [7, 11) is 0. The summed E-state index contributed by atoms with van der Waals surface area (Å²) in [4.78, 5) is 0. The molecule has 0 radical (unpaired) electrons. The maximum Gasteiger partial charge on any atom is 0.133 e. The van der Waals surface area contributed by atoms with Crippen LogP contribution in [0.4, 0.5) is 0 Å². The van der Waals surface area contributed by atoms with Gasteiger partial charge >= 0.3 is 0 Å². The normalized spacial score (nSPS) is 12.6. The van der Waals surface area contributed by atoms with Crippen LogP contribution >= 0.6 is 0 Å². The molecule has 0 aliphatic heterocycles. The average Bonchev–Trinajstić information content (AvgIpc) is 2.76. The summed E-state index contributed by atoms with van der Waals surface area (Å²) in [5.74, 6) is 1.36. The molecule has 0 fully saturated rings. The van der Waals surface area contributed by atoms with Gasteiger partial charge in [0, 0.05) is 19.2 Å². The molecule has 1 atom stereocenters. The van der Waals surface area contributed by atoms with Gasteiger partial charge in [0.05, 0.1) is 5.69 Å². The first-order chi connectivity index (χ1) is 8.25. The van der Waals surface area contributed by atoms with Crippen molar-refractivity contribution < 1.29 is 4.52 Å². The minimum absolute atomic E-state index is 0.504. The van der Waals surface area contributed by atoms with Gasteiger partial charge in [-0.25, -0.2) is 0 Å². The van der Waals surface area contributed by atoms with E-state index in [1.54, 1.807) is 0 Å². The van der Waals surface area contributed by atoms with Crippen molar-refractivity contribution in [2.75, 3.05) is 6.54 Å². The van der Waals surface area contributed by atoms with Gasteiger partial charge in [-0.15, -0.1) is 0 Å². The molecule has 90 valence electrons. The molecule has 1 aromatic heterocycles. The molecule has 0 aliphatic carbocycles. The molecule has 0 saturated heterocycles. The zero-order valence-corrected chi connectivity index (χ0v) is 10.3. The van der Waals surface area contributed by atoms with E-state index in [9.17, 15) is 0 Å². The Kier molecular flexibility index (Phi) is 3.94. The quantitative estimate of drug-likeness (QED) is 0.858. The minimum Gasteiger partial charge on any atom is -0.361 e. The zero-order chi connectivity index (χ0) is 12.1. The fourth-order valence-electron chi connectivity index (χ4n) is 1.82. The third kappa shape index (κ3) is 3.43. The van der Waals surface area contributed by atoms with Gasteiger partial charge < -0.3 is 9.84 Å². The molecule has 1 unspecified atom stereocenters. The van der Waals surface area contributed by atoms with E-state index < -0.39 is 0 Å². The van der Waals surface area contributed by atoms with Crippen molar-refractivity contribution in [3.8, 4) is 0 Å². The molecule has 1 N–H and O–H groups in total. The van der Waals surface area contributed by atoms with Crippen LogP contribution in [-0.4, -0.2) is 11.7 Å². The Morgan fingerprint density at radius 2 is 2.06 bits per heavy atom. The summed E-state index contributed by atoms with van der Waals surface area (Å²) in [6, 6.07) is 12.5. The van der Waals surface area contributed by atoms with Crippen LogP contribution in [0.1, 0.15) is 29.9 Å². The molecule has 0 aliphatic rings. The first-order valence-corrected chi connectivity index (χ1v) is 5.93. The van der Waals surface area contributed by atoms with Crippen molar-refractivity contribution >= 4 is 0 Å². The maximum atomic E-state index is 5.02. The van der Waals surface area contributed by atoms with Crippen molar-refractivity contribution in [3.05, 3.63) is 53.4 Å². The largest absolute Gasteiger partial charge is 0.361 e. The minimum atomic E-state index is 0.504. The van der Waals surface area contributed by atoms with Gasteiger partial charge in [0.25, 0.3) is 0 Å². The number of nitrogens with one attached hydrogen (secondary N) is 1. The highest BCUT2D eigenvalue weighted by atomic mass is 16.5. The van der Waals surface area contributed by atoms with Gasteiger partial charge in [-0.2, -0.15) is 0 Å². The number of aromatic nitrogens is 1. The van der Waals surface area contributed by atoms with E-state index in [1.807, 2.05) is 19.1 Å². The van der Waals surface area contributed by atoms with Gasteiger partial charge in [-0.3, -0.25) is 0 Å². The number of aryl methyl sites for hydroxylation is 1. The Morgan fingerprint density at radius 1 is 1.29 bits per heavy atom. The van der Waals surface area contributed by atoms with E-state index in [0.29, 0.717) is 5.92 Å². The van der Waals surface area contributed by atoms with E-state index in [0.717, 1.165) is 24.5 Å². The van der Waals surface area contributed by atoms with Crippen LogP contribution in [-0.2, 0) is 6.54 Å². The SMILES string of the molecule is Cc1cc(CNCC(C)c2ccccc2)no1. The number of benzene rings is 1. The molecule has 2 aromatic rings. The second kappa shape index (κ2) is 5.64. The van der Waals surface area contributed by atoms with Gasteiger partial charge in [0.2, 0.25) is 0 Å². The zero-order valence-electron chi connectivity index (χ0n) is 10.3. The Labute approximate surface area is 102 Å². The predicted octanol–water partition coefficient (Wildman–Crippen LogP) is 2.88. The van der Waals surface area contributed by atoms with Crippen molar-refractivity contribution in [2.24, 2.45) is 0 Å². The van der Waals surface area contributed by atoms with Gasteiger partial charge in [-0.05, 0) is 18.4 Å². The van der Waals surface area contributed by atoms with Crippen LogP contribution in [0.2, 0.25) is 0 Å². The molecule has 2 rings (SSSR count). The monoisotopic (exact) mass is 230 g/mol. The topological polar surface area (TPSA) is 38.1 Å². The van der Waals surface area contributed by atoms with Crippen molar-refractivity contribution in [2.45, 2.75) is 26.3 Å². The van der Waals surface area contributed by atoms with E-state index in [4.69, 9.17) is 4.52 Å². The van der Waals surface area contributed by atoms with Crippen molar-refractivity contribution in [3.63, 3.8) is 0 Å². The predicted molar refractivity (Wildman–Crippen MR) is 67.8 cm³/mol. The molecule has 17 heavy (non-hydrogen) atoms. The fraction of sp³-hybridized carbons (Fsp3) is 0.357. The highest BCUT2D eigenvalue weighted by Crippen LogP contribution is 2.13. The summed E-state index contributed by atoms with van der Waals surface area (Å²) in [6.45, 7) is 5.82. The summed E-state index contributed by atoms with van der Waals surface area (Å²) < 4.78 is 5.02. The van der Waals surface area contributed by atoms with Crippen LogP contribution in [0, 0.1) is 6.92 Å². The summed E-state index contributed by atoms with van der Waals surface area (Å²) in [6.07, 6.45) is 0. The molecule has 3 heteroatoms. The molecular weight excluding hydrogens is 212 g/mol. The highest BCUT2D eigenvalue weighted by molar-refractivity contribution is 5.19. The van der Waals surface area contributed by atoms with E-state index in [2.05, 4.69) is 41.7 Å². The Bertz CT molecular complexity index is 450. The second-order valence-electron chi connectivity index (χ2n) is 4.37. The number of hydrogen-bond acceptors (Lipinski definition) is 3. The third-order valence-corrected chi connectivity index (χ3v) is 2.80. The van der Waals surface area contributed by atoms with Gasteiger partial charge in [0.1, 0.15) is 5.76 Å². The van der Waals surface area contributed by atoms with Crippen molar-refractivity contribution in [1.29, 1.82) is 0 Å². The van der Waals surface area contributed by atoms with Gasteiger partial charge in [-0.1, -0.05) is 42.4 Å². The summed E-state index contributed by atoms with van der Waals surface area (Å²) in [5, 5.41) is 7.34. The van der Waals surface area contributed by atoms with Crippen LogP contribution in [0.25, 0.3) is 0 Å². The Balaban J connectivity index is 1.79. The first-order valence-electron chi connectivity index (χ1n) is 5.93. The standard InChI is InChI=1S/C14H18N2O/c1-11(13-6-4-3-5-7-13)9-15-10-14-8-12(2)17-16-14/h3-8,11,15H,9-10H2,1-2H3. The number of hydrogen-bond donors (Lipinski definition) is 1. The smallest absolute Gasteiger partial charge is 0.133 e. The second-order valence-corrected chi connectivity index (χ2v) is 4.37. The van der Waals surface area contributed by atoms with E-state index in [1.165, 1.54) is 5.56 Å². The molecule has 0 amide bonds. The summed E-state index contributed by atoms with van der Waals surface area (Å²) >= 11 is 0. The van der Waals surface area contributed by atoms with Gasteiger partial charge in [0.15, 0.2) is 0 Å². The lowest BCUT2D eigenvalue weighted by Crippen LogP contribution is -2.19. The van der Waals surface area contributed by atoms with Crippen LogP contribution in [0.5, 0.6) is 0 Å². The number of rotatable bonds is 5. The lowest BCUT2D eigenvalue weighted by atomic mass is 10.0. The third-order valence-electron chi connectivity index (χ3n) is 2.80. The average molecular weight is 230 g/mol. The lowest BCUT2D eigenvalue weighted by Gasteiger charge is -2.11. The van der Waals surface area contributed by atoms with Crippen LogP contribution in [0.15, 0.2) is 40.9 Å². The number of nitrogens with zero attached hydrogens (tertiary/aromatic N) is 1. The van der Waals surface area contributed by atoms with Crippen molar-refractivity contribution in [1.82, 2.24) is 10.5 Å².